The van der Waals surface area contributed by atoms with Crippen LogP contribution in [-0.4, -0.2) is 19.8 Å². The zero-order valence-corrected chi connectivity index (χ0v) is 10.9. The summed E-state index contributed by atoms with van der Waals surface area (Å²) >= 11 is 0. The minimum atomic E-state index is -0.210. The summed E-state index contributed by atoms with van der Waals surface area (Å²) in [5.41, 5.74) is 1.60. The second-order valence-corrected chi connectivity index (χ2v) is 4.70. The van der Waals surface area contributed by atoms with E-state index in [1.165, 1.54) is 6.07 Å². The van der Waals surface area contributed by atoms with E-state index in [2.05, 4.69) is 19.2 Å². The van der Waals surface area contributed by atoms with Gasteiger partial charge in [-0.2, -0.15) is 0 Å². The number of aryl methyl sites for hydroxylation is 1. The van der Waals surface area contributed by atoms with Crippen LogP contribution in [0.3, 0.4) is 0 Å². The number of benzene rings is 1. The molecule has 0 atom stereocenters. The Bertz CT molecular complexity index is 339. The molecule has 0 radical (unpaired) electrons. The Hall–Kier alpha value is -1.09. The van der Waals surface area contributed by atoms with Gasteiger partial charge in [-0.05, 0) is 37.0 Å². The van der Waals surface area contributed by atoms with Crippen LogP contribution in [0.5, 0.6) is 0 Å². The van der Waals surface area contributed by atoms with Crippen LogP contribution < -0.4 is 5.32 Å². The smallest absolute Gasteiger partial charge is 0.146 e. The largest absolute Gasteiger partial charge is 0.380 e. The molecule has 0 aliphatic carbocycles. The van der Waals surface area contributed by atoms with Crippen LogP contribution in [0.2, 0.25) is 0 Å². The van der Waals surface area contributed by atoms with Crippen molar-refractivity contribution in [1.29, 1.82) is 0 Å². The van der Waals surface area contributed by atoms with Crippen molar-refractivity contribution >= 4 is 5.69 Å². The topological polar surface area (TPSA) is 21.3 Å². The Morgan fingerprint density at radius 1 is 1.29 bits per heavy atom. The first kappa shape index (κ1) is 14.0. The van der Waals surface area contributed by atoms with E-state index in [1.54, 1.807) is 6.07 Å². The molecule has 3 heteroatoms. The van der Waals surface area contributed by atoms with Gasteiger partial charge in [-0.1, -0.05) is 19.9 Å². The third-order valence-corrected chi connectivity index (χ3v) is 2.52. The van der Waals surface area contributed by atoms with Crippen LogP contribution in [0.15, 0.2) is 18.2 Å². The van der Waals surface area contributed by atoms with Crippen molar-refractivity contribution in [3.05, 3.63) is 29.6 Å². The fraction of sp³-hybridized carbons (Fsp3) is 0.571. The van der Waals surface area contributed by atoms with Gasteiger partial charge in [-0.25, -0.2) is 4.39 Å². The van der Waals surface area contributed by atoms with Crippen LogP contribution in [-0.2, 0) is 4.74 Å². The Morgan fingerprint density at radius 3 is 2.76 bits per heavy atom. The van der Waals surface area contributed by atoms with E-state index in [1.807, 2.05) is 13.0 Å². The molecular weight excluding hydrogens is 217 g/mol. The number of hydrogen-bond donors (Lipinski definition) is 1. The molecule has 0 amide bonds. The summed E-state index contributed by atoms with van der Waals surface area (Å²) in [6.45, 7) is 8.31. The van der Waals surface area contributed by atoms with Crippen LogP contribution >= 0.6 is 0 Å². The van der Waals surface area contributed by atoms with Crippen molar-refractivity contribution in [1.82, 2.24) is 0 Å². The van der Waals surface area contributed by atoms with E-state index < -0.39 is 0 Å². The highest BCUT2D eigenvalue weighted by molar-refractivity contribution is 5.46. The zero-order chi connectivity index (χ0) is 12.7. The van der Waals surface area contributed by atoms with Crippen molar-refractivity contribution < 1.29 is 9.13 Å². The van der Waals surface area contributed by atoms with Crippen molar-refractivity contribution in [3.63, 3.8) is 0 Å². The molecule has 1 aromatic carbocycles. The second kappa shape index (κ2) is 7.28. The molecule has 0 aliphatic heterocycles. The summed E-state index contributed by atoms with van der Waals surface area (Å²) in [5.74, 6) is 0.454. The molecule has 17 heavy (non-hydrogen) atoms. The lowest BCUT2D eigenvalue weighted by molar-refractivity contribution is 0.132. The molecule has 0 aliphatic rings. The van der Waals surface area contributed by atoms with Crippen LogP contribution in [0, 0.1) is 18.7 Å². The highest BCUT2D eigenvalue weighted by atomic mass is 19.1. The van der Waals surface area contributed by atoms with Crippen LogP contribution in [0.4, 0.5) is 10.1 Å². The minimum absolute atomic E-state index is 0.210. The maximum absolute atomic E-state index is 13.3. The molecule has 0 fully saturated rings. The zero-order valence-electron chi connectivity index (χ0n) is 10.9. The van der Waals surface area contributed by atoms with Crippen molar-refractivity contribution in [3.8, 4) is 0 Å². The average Bonchev–Trinajstić information content (AvgIpc) is 2.27. The van der Waals surface area contributed by atoms with Crippen molar-refractivity contribution in [2.24, 2.45) is 5.92 Å². The Balaban J connectivity index is 2.20. The molecule has 1 N–H and O–H groups in total. The van der Waals surface area contributed by atoms with Crippen molar-refractivity contribution in [2.45, 2.75) is 27.2 Å². The molecule has 0 saturated heterocycles. The van der Waals surface area contributed by atoms with Gasteiger partial charge in [0.15, 0.2) is 0 Å². The van der Waals surface area contributed by atoms with E-state index in [-0.39, 0.29) is 5.82 Å². The molecule has 0 saturated carbocycles. The van der Waals surface area contributed by atoms with E-state index in [0.717, 1.165) is 18.6 Å². The number of anilines is 1. The lowest BCUT2D eigenvalue weighted by Crippen LogP contribution is -2.11. The summed E-state index contributed by atoms with van der Waals surface area (Å²) in [7, 11) is 0. The van der Waals surface area contributed by atoms with E-state index in [0.29, 0.717) is 24.8 Å². The molecule has 0 unspecified atom stereocenters. The predicted molar refractivity (Wildman–Crippen MR) is 69.9 cm³/mol. The molecule has 2 nitrogen and oxygen atoms in total. The number of halogens is 1. The summed E-state index contributed by atoms with van der Waals surface area (Å²) in [4.78, 5) is 0. The standard InChI is InChI=1S/C14H22FNO/c1-11(2)6-8-17-9-7-16-14-10-12(3)4-5-13(14)15/h4-5,10-11,16H,6-9H2,1-3H3. The van der Waals surface area contributed by atoms with Crippen LogP contribution in [0.1, 0.15) is 25.8 Å². The first-order valence-corrected chi connectivity index (χ1v) is 6.17. The normalized spacial score (nSPS) is 10.9. The summed E-state index contributed by atoms with van der Waals surface area (Å²) < 4.78 is 18.8. The minimum Gasteiger partial charge on any atom is -0.380 e. The fourth-order valence-electron chi connectivity index (χ4n) is 1.45. The SMILES string of the molecule is Cc1ccc(F)c(NCCOCCC(C)C)c1. The molecule has 1 rings (SSSR count). The predicted octanol–water partition coefficient (Wildman–Crippen LogP) is 3.61. The van der Waals surface area contributed by atoms with Gasteiger partial charge < -0.3 is 10.1 Å². The van der Waals surface area contributed by atoms with Gasteiger partial charge in [0.05, 0.1) is 12.3 Å². The molecule has 0 bridgehead atoms. The molecular formula is C14H22FNO. The van der Waals surface area contributed by atoms with Gasteiger partial charge >= 0.3 is 0 Å². The number of ether oxygens (including phenoxy) is 1. The van der Waals surface area contributed by atoms with Gasteiger partial charge in [0.1, 0.15) is 5.82 Å². The lowest BCUT2D eigenvalue weighted by Gasteiger charge is -2.09. The average molecular weight is 239 g/mol. The summed E-state index contributed by atoms with van der Waals surface area (Å²) in [5, 5.41) is 3.04. The summed E-state index contributed by atoms with van der Waals surface area (Å²) in [6, 6.07) is 5.06. The molecule has 0 spiro atoms. The first-order valence-electron chi connectivity index (χ1n) is 6.17. The quantitative estimate of drug-likeness (QED) is 0.734. The highest BCUT2D eigenvalue weighted by Gasteiger charge is 2.00. The maximum atomic E-state index is 13.3. The summed E-state index contributed by atoms with van der Waals surface area (Å²) in [6.07, 6.45) is 1.07. The van der Waals surface area contributed by atoms with Crippen molar-refractivity contribution in [2.75, 3.05) is 25.1 Å². The van der Waals surface area contributed by atoms with Gasteiger partial charge in [-0.3, -0.25) is 0 Å². The monoisotopic (exact) mass is 239 g/mol. The third kappa shape index (κ3) is 5.68. The van der Waals surface area contributed by atoms with Crippen LogP contribution in [0.25, 0.3) is 0 Å². The molecule has 96 valence electrons. The van der Waals surface area contributed by atoms with Gasteiger partial charge in [0.25, 0.3) is 0 Å². The van der Waals surface area contributed by atoms with E-state index in [4.69, 9.17) is 4.74 Å². The fourth-order valence-corrected chi connectivity index (χ4v) is 1.45. The molecule has 0 aromatic heterocycles. The molecule has 1 aromatic rings. The third-order valence-electron chi connectivity index (χ3n) is 2.52. The van der Waals surface area contributed by atoms with Gasteiger partial charge in [0.2, 0.25) is 0 Å². The number of nitrogens with one attached hydrogen (secondary N) is 1. The van der Waals surface area contributed by atoms with Gasteiger partial charge in [-0.15, -0.1) is 0 Å². The number of hydrogen-bond acceptors (Lipinski definition) is 2. The Kier molecular flexibility index (Phi) is 5.98. The molecule has 0 heterocycles. The van der Waals surface area contributed by atoms with E-state index >= 15 is 0 Å². The maximum Gasteiger partial charge on any atom is 0.146 e. The lowest BCUT2D eigenvalue weighted by atomic mass is 10.1. The van der Waals surface area contributed by atoms with Gasteiger partial charge in [0, 0.05) is 13.2 Å². The Labute approximate surface area is 103 Å². The Morgan fingerprint density at radius 2 is 2.06 bits per heavy atom. The van der Waals surface area contributed by atoms with E-state index in [9.17, 15) is 4.39 Å². The first-order chi connectivity index (χ1) is 8.09. The second-order valence-electron chi connectivity index (χ2n) is 4.70. The number of rotatable bonds is 7. The highest BCUT2D eigenvalue weighted by Crippen LogP contribution is 2.14.